The van der Waals surface area contributed by atoms with Gasteiger partial charge in [0.1, 0.15) is 5.82 Å². The smallest absolute Gasteiger partial charge is 0.299 e. The van der Waals surface area contributed by atoms with Gasteiger partial charge in [-0.3, -0.25) is 9.59 Å². The van der Waals surface area contributed by atoms with E-state index < -0.39 is 32.6 Å². The number of carbonyl (C=O) groups is 2. The fourth-order valence-electron chi connectivity index (χ4n) is 2.02. The van der Waals surface area contributed by atoms with Crippen LogP contribution in [-0.4, -0.2) is 37.7 Å². The van der Waals surface area contributed by atoms with Gasteiger partial charge in [-0.05, 0) is 41.9 Å². The SMILES string of the molecule is CC(C)S(=O)(=O)CCN1C(=O)C(=O)c2cc(F)cc(Br)c21. The van der Waals surface area contributed by atoms with Gasteiger partial charge in [0, 0.05) is 11.0 Å². The number of fused-ring (bicyclic) bond motifs is 1. The van der Waals surface area contributed by atoms with E-state index in [4.69, 9.17) is 0 Å². The first-order valence-electron chi connectivity index (χ1n) is 6.22. The van der Waals surface area contributed by atoms with Crippen molar-refractivity contribution in [1.29, 1.82) is 0 Å². The number of anilines is 1. The van der Waals surface area contributed by atoms with Crippen LogP contribution in [0.3, 0.4) is 0 Å². The molecule has 8 heteroatoms. The molecule has 0 radical (unpaired) electrons. The Morgan fingerprint density at radius 2 is 1.90 bits per heavy atom. The molecule has 5 nitrogen and oxygen atoms in total. The van der Waals surface area contributed by atoms with Crippen molar-refractivity contribution in [2.75, 3.05) is 17.2 Å². The minimum atomic E-state index is -3.34. The molecule has 0 N–H and O–H groups in total. The molecule has 0 atom stereocenters. The maximum Gasteiger partial charge on any atom is 0.299 e. The van der Waals surface area contributed by atoms with E-state index in [0.717, 1.165) is 17.0 Å². The number of amides is 1. The Labute approximate surface area is 130 Å². The summed E-state index contributed by atoms with van der Waals surface area (Å²) in [5.74, 6) is -2.56. The number of hydrogen-bond donors (Lipinski definition) is 0. The standard InChI is InChI=1S/C13H13BrFNO4S/c1-7(2)21(19,20)4-3-16-11-9(12(17)13(16)18)5-8(15)6-10(11)14/h5-7H,3-4H2,1-2H3. The molecule has 1 aromatic rings. The van der Waals surface area contributed by atoms with Gasteiger partial charge in [0.2, 0.25) is 0 Å². The predicted molar refractivity (Wildman–Crippen MR) is 79.7 cm³/mol. The van der Waals surface area contributed by atoms with Crippen LogP contribution in [0.5, 0.6) is 0 Å². The highest BCUT2D eigenvalue weighted by Gasteiger charge is 2.38. The van der Waals surface area contributed by atoms with Crippen LogP contribution < -0.4 is 4.90 Å². The number of sulfone groups is 1. The van der Waals surface area contributed by atoms with Crippen molar-refractivity contribution < 1.29 is 22.4 Å². The second kappa shape index (κ2) is 5.49. The van der Waals surface area contributed by atoms with Crippen LogP contribution >= 0.6 is 15.9 Å². The van der Waals surface area contributed by atoms with Crippen molar-refractivity contribution in [2.24, 2.45) is 0 Å². The lowest BCUT2D eigenvalue weighted by molar-refractivity contribution is -0.114. The van der Waals surface area contributed by atoms with Crippen LogP contribution in [-0.2, 0) is 14.6 Å². The third-order valence-electron chi connectivity index (χ3n) is 3.30. The second-order valence-corrected chi connectivity index (χ2v) is 8.52. The number of halogens is 2. The van der Waals surface area contributed by atoms with Crippen LogP contribution in [0, 0.1) is 5.82 Å². The zero-order valence-corrected chi connectivity index (χ0v) is 13.8. The Kier molecular flexibility index (Phi) is 4.21. The molecule has 1 heterocycles. The van der Waals surface area contributed by atoms with Crippen LogP contribution in [0.15, 0.2) is 16.6 Å². The summed E-state index contributed by atoms with van der Waals surface area (Å²) in [4.78, 5) is 24.9. The minimum Gasteiger partial charge on any atom is -0.303 e. The van der Waals surface area contributed by atoms with E-state index in [2.05, 4.69) is 15.9 Å². The van der Waals surface area contributed by atoms with E-state index >= 15 is 0 Å². The molecular formula is C13H13BrFNO4S. The summed E-state index contributed by atoms with van der Waals surface area (Å²) >= 11 is 3.11. The van der Waals surface area contributed by atoms with E-state index in [9.17, 15) is 22.4 Å². The Hall–Kier alpha value is -1.28. The normalized spacial score (nSPS) is 15.0. The molecule has 114 valence electrons. The zero-order chi connectivity index (χ0) is 15.9. The lowest BCUT2D eigenvalue weighted by Gasteiger charge is -2.18. The maximum atomic E-state index is 13.3. The Morgan fingerprint density at radius 3 is 2.48 bits per heavy atom. The molecule has 0 saturated carbocycles. The molecule has 0 aliphatic carbocycles. The van der Waals surface area contributed by atoms with Gasteiger partial charge in [0.25, 0.3) is 11.7 Å². The zero-order valence-electron chi connectivity index (χ0n) is 11.4. The molecule has 21 heavy (non-hydrogen) atoms. The molecule has 0 fully saturated rings. The van der Waals surface area contributed by atoms with Crippen molar-refractivity contribution in [1.82, 2.24) is 0 Å². The molecule has 1 aliphatic rings. The summed E-state index contributed by atoms with van der Waals surface area (Å²) in [7, 11) is -3.34. The average molecular weight is 378 g/mol. The summed E-state index contributed by atoms with van der Waals surface area (Å²) in [6.45, 7) is 2.96. The van der Waals surface area contributed by atoms with E-state index in [1.807, 2.05) is 0 Å². The largest absolute Gasteiger partial charge is 0.303 e. The number of hydrogen-bond acceptors (Lipinski definition) is 4. The lowest BCUT2D eigenvalue weighted by atomic mass is 10.1. The maximum absolute atomic E-state index is 13.3. The van der Waals surface area contributed by atoms with Crippen LogP contribution in [0.4, 0.5) is 10.1 Å². The monoisotopic (exact) mass is 377 g/mol. The molecular weight excluding hydrogens is 365 g/mol. The summed E-state index contributed by atoms with van der Waals surface area (Å²) in [5.41, 5.74) is 0.180. The molecule has 1 amide bonds. The summed E-state index contributed by atoms with van der Waals surface area (Å²) in [6, 6.07) is 2.12. The first-order valence-corrected chi connectivity index (χ1v) is 8.73. The molecule has 0 unspecified atom stereocenters. The molecule has 0 aromatic heterocycles. The van der Waals surface area contributed by atoms with Gasteiger partial charge < -0.3 is 4.90 Å². The van der Waals surface area contributed by atoms with Gasteiger partial charge in [-0.15, -0.1) is 0 Å². The van der Waals surface area contributed by atoms with E-state index in [1.54, 1.807) is 13.8 Å². The van der Waals surface area contributed by atoms with Crippen molar-refractivity contribution in [3.63, 3.8) is 0 Å². The number of benzene rings is 1. The van der Waals surface area contributed by atoms with Crippen LogP contribution in [0.2, 0.25) is 0 Å². The van der Waals surface area contributed by atoms with Crippen molar-refractivity contribution >= 4 is 43.1 Å². The highest BCUT2D eigenvalue weighted by molar-refractivity contribution is 9.10. The van der Waals surface area contributed by atoms with E-state index in [-0.39, 0.29) is 28.0 Å². The van der Waals surface area contributed by atoms with Crippen molar-refractivity contribution in [2.45, 2.75) is 19.1 Å². The van der Waals surface area contributed by atoms with Crippen molar-refractivity contribution in [3.05, 3.63) is 28.0 Å². The van der Waals surface area contributed by atoms with Crippen molar-refractivity contribution in [3.8, 4) is 0 Å². The van der Waals surface area contributed by atoms with Gasteiger partial charge in [0.15, 0.2) is 9.84 Å². The van der Waals surface area contributed by atoms with E-state index in [1.165, 1.54) is 0 Å². The molecule has 0 spiro atoms. The molecule has 0 saturated heterocycles. The molecule has 2 rings (SSSR count). The average Bonchev–Trinajstić information content (AvgIpc) is 2.61. The minimum absolute atomic E-state index is 0.0474. The fourth-order valence-corrected chi connectivity index (χ4v) is 3.58. The third kappa shape index (κ3) is 2.87. The fraction of sp³-hybridized carbons (Fsp3) is 0.385. The summed E-state index contributed by atoms with van der Waals surface area (Å²) < 4.78 is 37.2. The van der Waals surface area contributed by atoms with Gasteiger partial charge in [-0.2, -0.15) is 0 Å². The van der Waals surface area contributed by atoms with Crippen LogP contribution in [0.25, 0.3) is 0 Å². The molecule has 0 bridgehead atoms. The van der Waals surface area contributed by atoms with E-state index in [0.29, 0.717) is 0 Å². The number of Topliss-reactive ketones (excluding diaryl/α,β-unsaturated/α-hetero) is 1. The topological polar surface area (TPSA) is 71.5 Å². The highest BCUT2D eigenvalue weighted by Crippen LogP contribution is 2.36. The van der Waals surface area contributed by atoms with Gasteiger partial charge in [-0.1, -0.05) is 0 Å². The predicted octanol–water partition coefficient (Wildman–Crippen LogP) is 1.94. The molecule has 1 aliphatic heterocycles. The van der Waals surface area contributed by atoms with Gasteiger partial charge >= 0.3 is 0 Å². The molecule has 1 aromatic carbocycles. The first kappa shape index (κ1) is 16.1. The highest BCUT2D eigenvalue weighted by atomic mass is 79.9. The number of carbonyl (C=O) groups excluding carboxylic acids is 2. The third-order valence-corrected chi connectivity index (χ3v) is 6.09. The van der Waals surface area contributed by atoms with Crippen LogP contribution in [0.1, 0.15) is 24.2 Å². The Morgan fingerprint density at radius 1 is 1.29 bits per heavy atom. The summed E-state index contributed by atoms with van der Waals surface area (Å²) in [6.07, 6.45) is 0. The Balaban J connectivity index is 2.36. The number of rotatable bonds is 4. The Bertz CT molecular complexity index is 730. The van der Waals surface area contributed by atoms with Gasteiger partial charge in [0.05, 0.1) is 22.3 Å². The summed E-state index contributed by atoms with van der Waals surface area (Å²) in [5, 5.41) is -0.568. The van der Waals surface area contributed by atoms with Gasteiger partial charge in [-0.25, -0.2) is 12.8 Å². The lowest BCUT2D eigenvalue weighted by Crippen LogP contribution is -2.35. The first-order chi connectivity index (χ1) is 9.65. The number of ketones is 1. The number of nitrogens with zero attached hydrogens (tertiary/aromatic N) is 1. The second-order valence-electron chi connectivity index (χ2n) is 4.99. The quantitative estimate of drug-likeness (QED) is 0.751.